The van der Waals surface area contributed by atoms with Gasteiger partial charge in [0.1, 0.15) is 22.8 Å². The number of thioether (sulfide) groups is 1. The van der Waals surface area contributed by atoms with Crippen LogP contribution in [0.4, 0.5) is 5.13 Å². The number of rotatable bonds is 12. The highest BCUT2D eigenvalue weighted by Crippen LogP contribution is 2.34. The van der Waals surface area contributed by atoms with Crippen molar-refractivity contribution in [2.45, 2.75) is 75.2 Å². The van der Waals surface area contributed by atoms with Crippen molar-refractivity contribution in [3.05, 3.63) is 58.2 Å². The highest BCUT2D eigenvalue weighted by atomic mass is 32.2. The van der Waals surface area contributed by atoms with Gasteiger partial charge in [0.05, 0.1) is 34.3 Å². The molecule has 5 rings (SSSR count). The molecule has 0 saturated carbocycles. The van der Waals surface area contributed by atoms with Crippen LogP contribution in [0.5, 0.6) is 11.5 Å². The van der Waals surface area contributed by atoms with Crippen molar-refractivity contribution in [2.24, 2.45) is 5.92 Å². The van der Waals surface area contributed by atoms with E-state index in [1.807, 2.05) is 6.92 Å². The minimum atomic E-state index is -0.450. The first-order valence-corrected chi connectivity index (χ1v) is 16.8. The van der Waals surface area contributed by atoms with E-state index in [4.69, 9.17) is 13.6 Å². The van der Waals surface area contributed by atoms with Gasteiger partial charge in [-0.2, -0.15) is 0 Å². The number of nitrogens with zero attached hydrogens (tertiary/aromatic N) is 3. The number of phenolic OH excluding ortho intramolecular Hbond substituents is 1. The normalized spacial score (nSPS) is 14.7. The molecule has 44 heavy (non-hydrogen) atoms. The van der Waals surface area contributed by atoms with E-state index in [1.165, 1.54) is 23.5 Å². The number of carbonyl (C=O) groups excluding carboxylic acids is 1. The van der Waals surface area contributed by atoms with Crippen LogP contribution in [-0.2, 0) is 16.0 Å². The summed E-state index contributed by atoms with van der Waals surface area (Å²) in [5.41, 5.74) is 0.562. The Balaban J connectivity index is 0.975. The molecule has 1 fully saturated rings. The number of aryl methyl sites for hydroxylation is 1. The fourth-order valence-corrected chi connectivity index (χ4v) is 6.94. The summed E-state index contributed by atoms with van der Waals surface area (Å²) in [7, 11) is 0. The molecule has 12 heteroatoms. The molecule has 0 atom stereocenters. The Labute approximate surface area is 265 Å². The molecule has 10 nitrogen and oxygen atoms in total. The third-order valence-electron chi connectivity index (χ3n) is 7.67. The predicted octanol–water partition coefficient (Wildman–Crippen LogP) is 6.74. The fraction of sp³-hybridized carbons (Fsp3) is 0.500. The van der Waals surface area contributed by atoms with E-state index in [2.05, 4.69) is 41.0 Å². The zero-order valence-corrected chi connectivity index (χ0v) is 27.3. The highest BCUT2D eigenvalue weighted by molar-refractivity contribution is 8.00. The number of oxazole rings is 1. The van der Waals surface area contributed by atoms with E-state index in [9.17, 15) is 14.7 Å². The second-order valence-electron chi connectivity index (χ2n) is 12.2. The van der Waals surface area contributed by atoms with Gasteiger partial charge in [0.15, 0.2) is 5.13 Å². The number of hydrogen-bond donors (Lipinski definition) is 2. The van der Waals surface area contributed by atoms with Gasteiger partial charge >= 0.3 is 5.63 Å². The van der Waals surface area contributed by atoms with Gasteiger partial charge in [0.25, 0.3) is 0 Å². The topological polar surface area (TPSA) is 131 Å². The largest absolute Gasteiger partial charge is 0.508 e. The standard InChI is InChI=1S/C32H40N4O6S2/c1-20-14-27(38)41-24-16-22(37)15-23(29(20)24)40-13-7-5-6-10-36-11-8-21(9-12-36)30(39)35-31-34-18-28(44-31)43-19-26-33-17-25(42-26)32(2,3)4/h14-18,21,37H,5-13,19H2,1-4H3,(H,34,35,39). The smallest absolute Gasteiger partial charge is 0.336 e. The minimum absolute atomic E-state index is 0.00218. The molecular formula is C32H40N4O6S2. The summed E-state index contributed by atoms with van der Waals surface area (Å²) in [5.74, 6) is 2.74. The second-order valence-corrected chi connectivity index (χ2v) is 14.5. The lowest BCUT2D eigenvalue weighted by molar-refractivity contribution is -0.121. The van der Waals surface area contributed by atoms with Crippen molar-refractivity contribution in [3.63, 3.8) is 0 Å². The molecule has 0 unspecified atom stereocenters. The molecule has 4 heterocycles. The molecule has 1 aliphatic rings. The SMILES string of the molecule is Cc1cc(=O)oc2cc(O)cc(OCCCCCN3CCC(C(=O)Nc4ncc(SCc5ncc(C(C)(C)C)o5)s4)CC3)c12. The maximum Gasteiger partial charge on any atom is 0.336 e. The predicted molar refractivity (Wildman–Crippen MR) is 173 cm³/mol. The average molecular weight is 641 g/mol. The van der Waals surface area contributed by atoms with Crippen LogP contribution in [-0.4, -0.2) is 52.1 Å². The maximum absolute atomic E-state index is 12.9. The molecular weight excluding hydrogens is 601 g/mol. The Bertz CT molecular complexity index is 1630. The summed E-state index contributed by atoms with van der Waals surface area (Å²) in [6.45, 7) is 11.4. The van der Waals surface area contributed by atoms with E-state index in [-0.39, 0.29) is 23.0 Å². The molecule has 1 aliphatic heterocycles. The van der Waals surface area contributed by atoms with Crippen LogP contribution in [0.25, 0.3) is 11.0 Å². The number of carbonyl (C=O) groups is 1. The number of hydrogen-bond acceptors (Lipinski definition) is 11. The summed E-state index contributed by atoms with van der Waals surface area (Å²) < 4.78 is 18.1. The number of phenols is 1. The van der Waals surface area contributed by atoms with E-state index >= 15 is 0 Å². The third-order valence-corrected chi connectivity index (χ3v) is 9.76. The van der Waals surface area contributed by atoms with Crippen LogP contribution in [0, 0.1) is 12.8 Å². The van der Waals surface area contributed by atoms with E-state index in [0.717, 1.165) is 67.3 Å². The Morgan fingerprint density at radius 2 is 1.93 bits per heavy atom. The molecule has 236 valence electrons. The molecule has 0 radical (unpaired) electrons. The van der Waals surface area contributed by atoms with Gasteiger partial charge in [0, 0.05) is 29.5 Å². The number of aromatic hydroxyl groups is 1. The third kappa shape index (κ3) is 8.42. The number of benzene rings is 1. The van der Waals surface area contributed by atoms with Gasteiger partial charge < -0.3 is 28.9 Å². The summed E-state index contributed by atoms with van der Waals surface area (Å²) in [5, 5.41) is 14.4. The molecule has 1 aromatic carbocycles. The Morgan fingerprint density at radius 3 is 2.68 bits per heavy atom. The van der Waals surface area contributed by atoms with Gasteiger partial charge in [-0.1, -0.05) is 32.1 Å². The lowest BCUT2D eigenvalue weighted by atomic mass is 9.94. The molecule has 3 aromatic heterocycles. The van der Waals surface area contributed by atoms with Gasteiger partial charge in [-0.25, -0.2) is 14.8 Å². The lowest BCUT2D eigenvalue weighted by Gasteiger charge is -2.31. The summed E-state index contributed by atoms with van der Waals surface area (Å²) in [6, 6.07) is 4.42. The van der Waals surface area contributed by atoms with Crippen molar-refractivity contribution in [1.29, 1.82) is 0 Å². The number of likely N-dealkylation sites (tertiary alicyclic amines) is 1. The monoisotopic (exact) mass is 640 g/mol. The van der Waals surface area contributed by atoms with Crippen LogP contribution in [0.1, 0.15) is 70.1 Å². The van der Waals surface area contributed by atoms with Crippen molar-refractivity contribution in [1.82, 2.24) is 14.9 Å². The van der Waals surface area contributed by atoms with Crippen LogP contribution in [0.15, 0.2) is 48.4 Å². The first-order valence-electron chi connectivity index (χ1n) is 15.0. The quantitative estimate of drug-likeness (QED) is 0.0975. The zero-order valence-electron chi connectivity index (χ0n) is 25.7. The number of unbranched alkanes of at least 4 members (excludes halogenated alkanes) is 2. The number of aromatic nitrogens is 2. The molecule has 0 bridgehead atoms. The number of anilines is 1. The van der Waals surface area contributed by atoms with Crippen molar-refractivity contribution in [2.75, 3.05) is 31.6 Å². The lowest BCUT2D eigenvalue weighted by Crippen LogP contribution is -2.38. The zero-order chi connectivity index (χ0) is 31.3. The van der Waals surface area contributed by atoms with Gasteiger partial charge in [-0.3, -0.25) is 4.79 Å². The molecule has 0 spiro atoms. The van der Waals surface area contributed by atoms with Gasteiger partial charge in [-0.15, -0.1) is 11.8 Å². The Hall–Kier alpha value is -3.35. The first-order chi connectivity index (χ1) is 21.0. The fourth-order valence-electron chi connectivity index (χ4n) is 5.21. The number of thiazole rings is 1. The van der Waals surface area contributed by atoms with Gasteiger partial charge in [-0.05, 0) is 64.2 Å². The van der Waals surface area contributed by atoms with Crippen LogP contribution in [0.2, 0.25) is 0 Å². The van der Waals surface area contributed by atoms with E-state index in [1.54, 1.807) is 30.2 Å². The number of nitrogens with one attached hydrogen (secondary N) is 1. The molecule has 1 amide bonds. The minimum Gasteiger partial charge on any atom is -0.508 e. The van der Waals surface area contributed by atoms with Gasteiger partial charge in [0.2, 0.25) is 11.8 Å². The van der Waals surface area contributed by atoms with Crippen molar-refractivity contribution >= 4 is 45.1 Å². The number of piperidine rings is 1. The molecule has 0 aliphatic carbocycles. The summed E-state index contributed by atoms with van der Waals surface area (Å²) in [4.78, 5) is 35.8. The number of ether oxygens (including phenoxy) is 1. The van der Waals surface area contributed by atoms with Crippen LogP contribution >= 0.6 is 23.1 Å². The summed E-state index contributed by atoms with van der Waals surface area (Å²) in [6.07, 6.45) is 8.17. The Kier molecular flexibility index (Phi) is 10.3. The Morgan fingerprint density at radius 1 is 1.14 bits per heavy atom. The first kappa shape index (κ1) is 32.1. The van der Waals surface area contributed by atoms with Crippen molar-refractivity contribution in [3.8, 4) is 11.5 Å². The highest BCUT2D eigenvalue weighted by Gasteiger charge is 2.25. The van der Waals surface area contributed by atoms with Crippen LogP contribution < -0.4 is 15.7 Å². The van der Waals surface area contributed by atoms with Crippen LogP contribution in [0.3, 0.4) is 0 Å². The molecule has 1 saturated heterocycles. The molecule has 4 aromatic rings. The summed E-state index contributed by atoms with van der Waals surface area (Å²) >= 11 is 3.08. The van der Waals surface area contributed by atoms with E-state index in [0.29, 0.717) is 40.1 Å². The second kappa shape index (κ2) is 14.2. The number of amides is 1. The van der Waals surface area contributed by atoms with Crippen molar-refractivity contribution < 1.29 is 23.5 Å². The molecule has 2 N–H and O–H groups in total. The average Bonchev–Trinajstić information content (AvgIpc) is 3.63. The van der Waals surface area contributed by atoms with E-state index < -0.39 is 5.63 Å². The number of fused-ring (bicyclic) bond motifs is 1. The maximum atomic E-state index is 12.9.